The third-order valence-electron chi connectivity index (χ3n) is 4.43. The Labute approximate surface area is 125 Å². The molecule has 0 aliphatic carbocycles. The summed E-state index contributed by atoms with van der Waals surface area (Å²) in [7, 11) is 0. The lowest BCUT2D eigenvalue weighted by Gasteiger charge is -2.34. The number of benzene rings is 1. The zero-order valence-corrected chi connectivity index (χ0v) is 12.6. The van der Waals surface area contributed by atoms with Crippen molar-refractivity contribution in [3.63, 3.8) is 0 Å². The molecule has 3 rings (SSSR count). The van der Waals surface area contributed by atoms with Gasteiger partial charge in [-0.3, -0.25) is 4.79 Å². The maximum absolute atomic E-state index is 12.7. The minimum Gasteiger partial charge on any atom is -0.361 e. The maximum atomic E-state index is 12.7. The molecule has 1 fully saturated rings. The first-order chi connectivity index (χ1) is 10.3. The summed E-state index contributed by atoms with van der Waals surface area (Å²) in [5.41, 5.74) is 2.20. The highest BCUT2D eigenvalue weighted by Gasteiger charge is 2.24. The van der Waals surface area contributed by atoms with E-state index in [0.29, 0.717) is 12.5 Å². The SMILES string of the molecule is CCN(C(=O)Cc1c[nH]c2ccccc12)C1CCNCC1. The van der Waals surface area contributed by atoms with Gasteiger partial charge in [0.15, 0.2) is 0 Å². The van der Waals surface area contributed by atoms with Crippen molar-refractivity contribution in [3.05, 3.63) is 36.0 Å². The molecular weight excluding hydrogens is 262 g/mol. The number of hydrogen-bond donors (Lipinski definition) is 2. The number of rotatable bonds is 4. The van der Waals surface area contributed by atoms with Gasteiger partial charge in [0.05, 0.1) is 6.42 Å². The van der Waals surface area contributed by atoms with E-state index in [1.807, 2.05) is 24.4 Å². The summed E-state index contributed by atoms with van der Waals surface area (Å²) in [6, 6.07) is 8.56. The van der Waals surface area contributed by atoms with Crippen molar-refractivity contribution in [2.75, 3.05) is 19.6 Å². The predicted molar refractivity (Wildman–Crippen MR) is 85.3 cm³/mol. The largest absolute Gasteiger partial charge is 0.361 e. The van der Waals surface area contributed by atoms with Gasteiger partial charge in [0, 0.05) is 29.7 Å². The number of fused-ring (bicyclic) bond motifs is 1. The number of amides is 1. The van der Waals surface area contributed by atoms with Gasteiger partial charge in [0.1, 0.15) is 0 Å². The Balaban J connectivity index is 1.74. The molecule has 2 N–H and O–H groups in total. The number of carbonyl (C=O) groups is 1. The van der Waals surface area contributed by atoms with Crippen LogP contribution in [0, 0.1) is 0 Å². The first kappa shape index (κ1) is 14.1. The van der Waals surface area contributed by atoms with E-state index in [2.05, 4.69) is 28.2 Å². The van der Waals surface area contributed by atoms with Crippen molar-refractivity contribution in [1.82, 2.24) is 15.2 Å². The van der Waals surface area contributed by atoms with Crippen LogP contribution in [-0.2, 0) is 11.2 Å². The number of likely N-dealkylation sites (N-methyl/N-ethyl adjacent to an activating group) is 1. The quantitative estimate of drug-likeness (QED) is 0.905. The number of aromatic amines is 1. The number of nitrogens with zero attached hydrogens (tertiary/aromatic N) is 1. The molecule has 1 aromatic carbocycles. The molecule has 21 heavy (non-hydrogen) atoms. The number of hydrogen-bond acceptors (Lipinski definition) is 2. The van der Waals surface area contributed by atoms with Crippen molar-refractivity contribution in [2.45, 2.75) is 32.2 Å². The lowest BCUT2D eigenvalue weighted by Crippen LogP contribution is -2.46. The molecule has 1 aromatic heterocycles. The van der Waals surface area contributed by atoms with Crippen LogP contribution in [-0.4, -0.2) is 41.5 Å². The van der Waals surface area contributed by atoms with Crippen molar-refractivity contribution in [3.8, 4) is 0 Å². The molecule has 4 nitrogen and oxygen atoms in total. The van der Waals surface area contributed by atoms with Crippen LogP contribution in [0.1, 0.15) is 25.3 Å². The van der Waals surface area contributed by atoms with E-state index in [0.717, 1.165) is 48.9 Å². The summed E-state index contributed by atoms with van der Waals surface area (Å²) in [6.45, 7) is 4.91. The normalized spacial score (nSPS) is 16.2. The smallest absolute Gasteiger partial charge is 0.227 e. The second kappa shape index (κ2) is 6.31. The number of aromatic nitrogens is 1. The van der Waals surface area contributed by atoms with Gasteiger partial charge < -0.3 is 15.2 Å². The summed E-state index contributed by atoms with van der Waals surface area (Å²) in [6.07, 6.45) is 4.58. The van der Waals surface area contributed by atoms with Crippen molar-refractivity contribution < 1.29 is 4.79 Å². The van der Waals surface area contributed by atoms with Crippen LogP contribution in [0.15, 0.2) is 30.5 Å². The van der Waals surface area contributed by atoms with E-state index in [9.17, 15) is 4.79 Å². The first-order valence-electron chi connectivity index (χ1n) is 7.84. The second-order valence-corrected chi connectivity index (χ2v) is 5.70. The second-order valence-electron chi connectivity index (χ2n) is 5.70. The molecule has 0 saturated carbocycles. The highest BCUT2D eigenvalue weighted by molar-refractivity contribution is 5.89. The van der Waals surface area contributed by atoms with Crippen molar-refractivity contribution >= 4 is 16.8 Å². The Bertz CT molecular complexity index is 613. The zero-order chi connectivity index (χ0) is 14.7. The van der Waals surface area contributed by atoms with E-state index in [1.54, 1.807) is 0 Å². The highest BCUT2D eigenvalue weighted by atomic mass is 16.2. The molecular formula is C17H23N3O. The van der Waals surface area contributed by atoms with Crippen LogP contribution in [0.25, 0.3) is 10.9 Å². The van der Waals surface area contributed by atoms with Gasteiger partial charge in [0.25, 0.3) is 0 Å². The zero-order valence-electron chi connectivity index (χ0n) is 12.6. The van der Waals surface area contributed by atoms with Gasteiger partial charge in [-0.05, 0) is 44.5 Å². The van der Waals surface area contributed by atoms with Gasteiger partial charge in [-0.1, -0.05) is 18.2 Å². The van der Waals surface area contributed by atoms with E-state index >= 15 is 0 Å². The Morgan fingerprint density at radius 1 is 1.29 bits per heavy atom. The molecule has 1 aliphatic rings. The number of piperidine rings is 1. The Morgan fingerprint density at radius 2 is 2.05 bits per heavy atom. The van der Waals surface area contributed by atoms with E-state index < -0.39 is 0 Å². The monoisotopic (exact) mass is 285 g/mol. The lowest BCUT2D eigenvalue weighted by atomic mass is 10.0. The Hall–Kier alpha value is -1.81. The van der Waals surface area contributed by atoms with Gasteiger partial charge in [0.2, 0.25) is 5.91 Å². The van der Waals surface area contributed by atoms with Crippen LogP contribution in [0.4, 0.5) is 0 Å². The molecule has 1 aliphatic heterocycles. The molecule has 112 valence electrons. The predicted octanol–water partition coefficient (Wildman–Crippen LogP) is 2.31. The summed E-state index contributed by atoms with van der Waals surface area (Å²) in [4.78, 5) is 18.0. The van der Waals surface area contributed by atoms with Gasteiger partial charge in [-0.25, -0.2) is 0 Å². The maximum Gasteiger partial charge on any atom is 0.227 e. The molecule has 1 amide bonds. The van der Waals surface area contributed by atoms with E-state index in [-0.39, 0.29) is 5.91 Å². The number of nitrogens with one attached hydrogen (secondary N) is 2. The van der Waals surface area contributed by atoms with Crippen LogP contribution < -0.4 is 5.32 Å². The Kier molecular flexibility index (Phi) is 4.25. The molecule has 0 bridgehead atoms. The molecule has 2 heterocycles. The van der Waals surface area contributed by atoms with Crippen molar-refractivity contribution in [2.24, 2.45) is 0 Å². The molecule has 0 radical (unpaired) electrons. The van der Waals surface area contributed by atoms with Gasteiger partial charge in [-0.2, -0.15) is 0 Å². The van der Waals surface area contributed by atoms with Gasteiger partial charge >= 0.3 is 0 Å². The van der Waals surface area contributed by atoms with Gasteiger partial charge in [-0.15, -0.1) is 0 Å². The average molecular weight is 285 g/mol. The number of carbonyl (C=O) groups excluding carboxylic acids is 1. The van der Waals surface area contributed by atoms with Crippen LogP contribution in [0.2, 0.25) is 0 Å². The minimum absolute atomic E-state index is 0.245. The highest BCUT2D eigenvalue weighted by Crippen LogP contribution is 2.20. The van der Waals surface area contributed by atoms with Crippen LogP contribution in [0.5, 0.6) is 0 Å². The third kappa shape index (κ3) is 2.95. The lowest BCUT2D eigenvalue weighted by molar-refractivity contribution is -0.133. The average Bonchev–Trinajstić information content (AvgIpc) is 2.92. The summed E-state index contributed by atoms with van der Waals surface area (Å²) in [5, 5.41) is 4.52. The molecule has 0 atom stereocenters. The minimum atomic E-state index is 0.245. The fourth-order valence-corrected chi connectivity index (χ4v) is 3.30. The third-order valence-corrected chi connectivity index (χ3v) is 4.43. The molecule has 0 unspecified atom stereocenters. The van der Waals surface area contributed by atoms with E-state index in [1.165, 1.54) is 0 Å². The number of para-hydroxylation sites is 1. The van der Waals surface area contributed by atoms with E-state index in [4.69, 9.17) is 0 Å². The first-order valence-corrected chi connectivity index (χ1v) is 7.84. The summed E-state index contributed by atoms with van der Waals surface area (Å²) >= 11 is 0. The standard InChI is InChI=1S/C17H23N3O/c1-2-20(14-7-9-18-10-8-14)17(21)11-13-12-19-16-6-4-3-5-15(13)16/h3-6,12,14,18-19H,2,7-11H2,1H3. The summed E-state index contributed by atoms with van der Waals surface area (Å²) in [5.74, 6) is 0.245. The fraction of sp³-hybridized carbons (Fsp3) is 0.471. The topological polar surface area (TPSA) is 48.1 Å². The molecule has 0 spiro atoms. The summed E-state index contributed by atoms with van der Waals surface area (Å²) < 4.78 is 0. The van der Waals surface area contributed by atoms with Crippen LogP contribution in [0.3, 0.4) is 0 Å². The molecule has 1 saturated heterocycles. The molecule has 4 heteroatoms. The van der Waals surface area contributed by atoms with Crippen molar-refractivity contribution in [1.29, 1.82) is 0 Å². The fourth-order valence-electron chi connectivity index (χ4n) is 3.30. The Morgan fingerprint density at radius 3 is 2.81 bits per heavy atom. The number of H-pyrrole nitrogens is 1. The van der Waals surface area contributed by atoms with Crippen LogP contribution >= 0.6 is 0 Å². The molecule has 2 aromatic rings.